The summed E-state index contributed by atoms with van der Waals surface area (Å²) in [6.45, 7) is 5.48. The lowest BCUT2D eigenvalue weighted by Gasteiger charge is -2.35. The third-order valence-electron chi connectivity index (χ3n) is 4.37. The summed E-state index contributed by atoms with van der Waals surface area (Å²) in [4.78, 5) is 24.0. The molecule has 1 aromatic carbocycles. The van der Waals surface area contributed by atoms with Gasteiger partial charge < -0.3 is 15.7 Å². The number of carboxylic acids is 1. The van der Waals surface area contributed by atoms with Gasteiger partial charge in [0, 0.05) is 0 Å². The van der Waals surface area contributed by atoms with Gasteiger partial charge in [-0.3, -0.25) is 4.79 Å². The number of amides is 1. The van der Waals surface area contributed by atoms with Crippen LogP contribution < -0.4 is 10.6 Å². The summed E-state index contributed by atoms with van der Waals surface area (Å²) in [5.41, 5.74) is 0.983. The maximum atomic E-state index is 12.6. The van der Waals surface area contributed by atoms with Crippen LogP contribution in [0.3, 0.4) is 0 Å². The van der Waals surface area contributed by atoms with Crippen LogP contribution in [0, 0.1) is 12.3 Å². The molecule has 0 unspecified atom stereocenters. The minimum Gasteiger partial charge on any atom is -0.478 e. The van der Waals surface area contributed by atoms with Crippen LogP contribution in [0.25, 0.3) is 0 Å². The highest BCUT2D eigenvalue weighted by molar-refractivity contribution is 6.02. The van der Waals surface area contributed by atoms with Gasteiger partial charge in [-0.25, -0.2) is 4.79 Å². The topological polar surface area (TPSA) is 78.4 Å². The van der Waals surface area contributed by atoms with Gasteiger partial charge >= 0.3 is 5.97 Å². The van der Waals surface area contributed by atoms with E-state index in [9.17, 15) is 14.7 Å². The fourth-order valence-corrected chi connectivity index (χ4v) is 2.85. The van der Waals surface area contributed by atoms with Crippen LogP contribution >= 0.6 is 0 Å². The molecule has 0 radical (unpaired) electrons. The number of piperidine rings is 1. The fourth-order valence-electron chi connectivity index (χ4n) is 2.85. The summed E-state index contributed by atoms with van der Waals surface area (Å²) in [6, 6.07) is 5.06. The molecule has 2 rings (SSSR count). The lowest BCUT2D eigenvalue weighted by molar-refractivity contribution is -0.127. The second-order valence-electron chi connectivity index (χ2n) is 5.69. The first-order valence-electron chi connectivity index (χ1n) is 7.34. The highest BCUT2D eigenvalue weighted by Gasteiger charge is 2.38. The van der Waals surface area contributed by atoms with E-state index in [1.165, 1.54) is 0 Å². The van der Waals surface area contributed by atoms with Crippen molar-refractivity contribution in [3.8, 4) is 0 Å². The molecular formula is C16H22N2O3. The van der Waals surface area contributed by atoms with Crippen molar-refractivity contribution in [1.82, 2.24) is 5.32 Å². The number of aryl methyl sites for hydroxylation is 1. The minimum atomic E-state index is -1.02. The predicted octanol–water partition coefficient (Wildman–Crippen LogP) is 2.41. The zero-order valence-corrected chi connectivity index (χ0v) is 12.5. The average Bonchev–Trinajstić information content (AvgIpc) is 2.49. The van der Waals surface area contributed by atoms with Crippen molar-refractivity contribution in [3.63, 3.8) is 0 Å². The van der Waals surface area contributed by atoms with Gasteiger partial charge in [-0.15, -0.1) is 0 Å². The van der Waals surface area contributed by atoms with Gasteiger partial charge in [-0.2, -0.15) is 0 Å². The summed E-state index contributed by atoms with van der Waals surface area (Å²) in [5.74, 6) is -1.09. The van der Waals surface area contributed by atoms with E-state index in [1.807, 2.05) is 19.9 Å². The Morgan fingerprint density at radius 1 is 1.33 bits per heavy atom. The van der Waals surface area contributed by atoms with Crippen molar-refractivity contribution in [2.75, 3.05) is 18.4 Å². The molecule has 0 bridgehead atoms. The quantitative estimate of drug-likeness (QED) is 0.795. The third-order valence-corrected chi connectivity index (χ3v) is 4.37. The zero-order chi connectivity index (χ0) is 15.5. The third kappa shape index (κ3) is 3.24. The Morgan fingerprint density at radius 2 is 2.00 bits per heavy atom. The number of nitrogens with one attached hydrogen (secondary N) is 2. The Morgan fingerprint density at radius 3 is 2.57 bits per heavy atom. The number of hydrogen-bond donors (Lipinski definition) is 3. The van der Waals surface area contributed by atoms with E-state index in [0.29, 0.717) is 5.69 Å². The van der Waals surface area contributed by atoms with Gasteiger partial charge in [0.1, 0.15) is 0 Å². The van der Waals surface area contributed by atoms with Gasteiger partial charge in [0.25, 0.3) is 0 Å². The lowest BCUT2D eigenvalue weighted by Crippen LogP contribution is -2.44. The summed E-state index contributed by atoms with van der Waals surface area (Å²) < 4.78 is 0. The van der Waals surface area contributed by atoms with E-state index in [4.69, 9.17) is 0 Å². The molecule has 0 spiro atoms. The predicted molar refractivity (Wildman–Crippen MR) is 81.6 cm³/mol. The second kappa shape index (κ2) is 6.26. The second-order valence-corrected chi connectivity index (χ2v) is 5.69. The highest BCUT2D eigenvalue weighted by atomic mass is 16.4. The standard InChI is InChI=1S/C16H22N2O3/c1-3-16(6-8-17-9-7-16)15(21)18-13-5-4-11(2)10-12(13)14(19)20/h4-5,10,17H,3,6-9H2,1-2H3,(H,18,21)(H,19,20). The molecule has 1 aliphatic rings. The van der Waals surface area contributed by atoms with Crippen LogP contribution in [0.4, 0.5) is 5.69 Å². The van der Waals surface area contributed by atoms with Crippen molar-refractivity contribution in [2.45, 2.75) is 33.1 Å². The SMILES string of the molecule is CCC1(C(=O)Nc2ccc(C)cc2C(=O)O)CCNCC1. The highest BCUT2D eigenvalue weighted by Crippen LogP contribution is 2.34. The molecule has 1 fully saturated rings. The van der Waals surface area contributed by atoms with Crippen LogP contribution in [0.2, 0.25) is 0 Å². The first-order valence-corrected chi connectivity index (χ1v) is 7.34. The fraction of sp³-hybridized carbons (Fsp3) is 0.500. The molecule has 1 amide bonds. The van der Waals surface area contributed by atoms with Crippen molar-refractivity contribution >= 4 is 17.6 Å². The molecule has 0 aromatic heterocycles. The summed E-state index contributed by atoms with van der Waals surface area (Å²) in [7, 11) is 0. The number of carboxylic acid groups (broad SMARTS) is 1. The van der Waals surface area contributed by atoms with E-state index in [1.54, 1.807) is 12.1 Å². The molecule has 21 heavy (non-hydrogen) atoms. The van der Waals surface area contributed by atoms with Crippen molar-refractivity contribution < 1.29 is 14.7 Å². The summed E-state index contributed by atoms with van der Waals surface area (Å²) in [5, 5.41) is 15.4. The number of rotatable bonds is 4. The molecular weight excluding hydrogens is 268 g/mol. The lowest BCUT2D eigenvalue weighted by atomic mass is 9.76. The molecule has 5 nitrogen and oxygen atoms in total. The van der Waals surface area contributed by atoms with Gasteiger partial charge in [0.2, 0.25) is 5.91 Å². The van der Waals surface area contributed by atoms with E-state index in [-0.39, 0.29) is 11.5 Å². The first kappa shape index (κ1) is 15.5. The van der Waals surface area contributed by atoms with E-state index >= 15 is 0 Å². The largest absolute Gasteiger partial charge is 0.478 e. The van der Waals surface area contributed by atoms with Gasteiger partial charge in [-0.05, 0) is 51.4 Å². The Kier molecular flexibility index (Phi) is 4.63. The molecule has 1 saturated heterocycles. The molecule has 1 heterocycles. The smallest absolute Gasteiger partial charge is 0.337 e. The molecule has 1 aromatic rings. The minimum absolute atomic E-state index is 0.0714. The van der Waals surface area contributed by atoms with Gasteiger partial charge in [-0.1, -0.05) is 18.6 Å². The Labute approximate surface area is 124 Å². The number of hydrogen-bond acceptors (Lipinski definition) is 3. The maximum Gasteiger partial charge on any atom is 0.337 e. The van der Waals surface area contributed by atoms with Crippen LogP contribution in [0.5, 0.6) is 0 Å². The number of carbonyl (C=O) groups is 2. The van der Waals surface area contributed by atoms with Crippen LogP contribution in [0.1, 0.15) is 42.1 Å². The number of benzene rings is 1. The Balaban J connectivity index is 2.24. The Hall–Kier alpha value is -1.88. The molecule has 3 N–H and O–H groups in total. The van der Waals surface area contributed by atoms with Crippen molar-refractivity contribution in [3.05, 3.63) is 29.3 Å². The number of carbonyl (C=O) groups excluding carboxylic acids is 1. The van der Waals surface area contributed by atoms with Gasteiger partial charge in [0.15, 0.2) is 0 Å². The number of anilines is 1. The molecule has 0 saturated carbocycles. The average molecular weight is 290 g/mol. The van der Waals surface area contributed by atoms with Gasteiger partial charge in [0.05, 0.1) is 16.7 Å². The van der Waals surface area contributed by atoms with Crippen LogP contribution in [-0.4, -0.2) is 30.1 Å². The van der Waals surface area contributed by atoms with E-state index in [0.717, 1.165) is 37.9 Å². The molecule has 0 atom stereocenters. The Bertz CT molecular complexity index is 548. The zero-order valence-electron chi connectivity index (χ0n) is 12.5. The van der Waals surface area contributed by atoms with Crippen LogP contribution in [-0.2, 0) is 4.79 Å². The van der Waals surface area contributed by atoms with Crippen LogP contribution in [0.15, 0.2) is 18.2 Å². The summed E-state index contributed by atoms with van der Waals surface area (Å²) >= 11 is 0. The molecule has 1 aliphatic heterocycles. The molecule has 114 valence electrons. The number of aromatic carboxylic acids is 1. The van der Waals surface area contributed by atoms with Crippen molar-refractivity contribution in [1.29, 1.82) is 0 Å². The first-order chi connectivity index (χ1) is 9.98. The monoisotopic (exact) mass is 290 g/mol. The van der Waals surface area contributed by atoms with Crippen molar-refractivity contribution in [2.24, 2.45) is 5.41 Å². The van der Waals surface area contributed by atoms with E-state index < -0.39 is 11.4 Å². The molecule has 0 aliphatic carbocycles. The molecule has 5 heteroatoms. The summed E-state index contributed by atoms with van der Waals surface area (Å²) in [6.07, 6.45) is 2.32. The maximum absolute atomic E-state index is 12.6. The van der Waals surface area contributed by atoms with E-state index in [2.05, 4.69) is 10.6 Å². The normalized spacial score (nSPS) is 17.2.